The van der Waals surface area contributed by atoms with Gasteiger partial charge in [-0.2, -0.15) is 0 Å². The van der Waals surface area contributed by atoms with E-state index in [0.717, 1.165) is 12.1 Å². The van der Waals surface area contributed by atoms with Crippen LogP contribution < -0.4 is 5.32 Å². The molecule has 140 valence electrons. The standard InChI is InChI=1S/C21H14ClF2N3O/c22-18(13-6-2-1-3-7-13)21(28)26-20-19(14-9-10-15(23)16(24)12-14)25-17-8-4-5-11-27(17)20/h1-12,18H,(H,26,28)/t18-/m1/s1. The van der Waals surface area contributed by atoms with Crippen LogP contribution in [0.4, 0.5) is 14.6 Å². The largest absolute Gasteiger partial charge is 0.308 e. The minimum atomic E-state index is -0.994. The Morgan fingerprint density at radius 1 is 1.00 bits per heavy atom. The van der Waals surface area contributed by atoms with Gasteiger partial charge in [0.15, 0.2) is 11.6 Å². The average Bonchev–Trinajstić information content (AvgIpc) is 3.08. The predicted octanol–water partition coefficient (Wildman–Crippen LogP) is 5.20. The first-order valence-electron chi connectivity index (χ1n) is 8.47. The molecular weight excluding hydrogens is 384 g/mol. The molecule has 4 rings (SSSR count). The van der Waals surface area contributed by atoms with Gasteiger partial charge in [-0.1, -0.05) is 36.4 Å². The quantitative estimate of drug-likeness (QED) is 0.481. The molecule has 0 aliphatic rings. The molecule has 1 atom stereocenters. The molecule has 0 bridgehead atoms. The van der Waals surface area contributed by atoms with E-state index in [2.05, 4.69) is 10.3 Å². The fraction of sp³-hybridized carbons (Fsp3) is 0.0476. The number of halogens is 3. The van der Waals surface area contributed by atoms with Crippen molar-refractivity contribution < 1.29 is 13.6 Å². The summed E-state index contributed by atoms with van der Waals surface area (Å²) in [5.74, 6) is -2.08. The molecule has 0 saturated carbocycles. The van der Waals surface area contributed by atoms with E-state index < -0.39 is 22.9 Å². The molecule has 0 spiro atoms. The van der Waals surface area contributed by atoms with Crippen LogP contribution in [0, 0.1) is 11.6 Å². The second-order valence-corrected chi connectivity index (χ2v) is 6.57. The van der Waals surface area contributed by atoms with Crippen molar-refractivity contribution in [1.82, 2.24) is 9.38 Å². The minimum Gasteiger partial charge on any atom is -0.308 e. The van der Waals surface area contributed by atoms with Gasteiger partial charge in [0.1, 0.15) is 22.5 Å². The summed E-state index contributed by atoms with van der Waals surface area (Å²) in [6.45, 7) is 0. The normalized spacial score (nSPS) is 12.1. The number of carbonyl (C=O) groups excluding carboxylic acids is 1. The molecule has 0 saturated heterocycles. The predicted molar refractivity (Wildman–Crippen MR) is 104 cm³/mol. The fourth-order valence-electron chi connectivity index (χ4n) is 2.91. The van der Waals surface area contributed by atoms with E-state index >= 15 is 0 Å². The first-order chi connectivity index (χ1) is 13.5. The molecule has 1 amide bonds. The van der Waals surface area contributed by atoms with Crippen molar-refractivity contribution in [3.63, 3.8) is 0 Å². The molecule has 4 nitrogen and oxygen atoms in total. The lowest BCUT2D eigenvalue weighted by molar-refractivity contribution is -0.116. The van der Waals surface area contributed by atoms with Gasteiger partial charge in [-0.25, -0.2) is 13.8 Å². The van der Waals surface area contributed by atoms with Gasteiger partial charge in [0, 0.05) is 11.8 Å². The number of pyridine rings is 1. The molecule has 28 heavy (non-hydrogen) atoms. The zero-order chi connectivity index (χ0) is 19.7. The van der Waals surface area contributed by atoms with Gasteiger partial charge in [0.05, 0.1) is 0 Å². The second-order valence-electron chi connectivity index (χ2n) is 6.13. The second kappa shape index (κ2) is 7.40. The number of carbonyl (C=O) groups is 1. The number of alkyl halides is 1. The molecule has 0 unspecified atom stereocenters. The Bertz CT molecular complexity index is 1160. The molecule has 2 aromatic carbocycles. The van der Waals surface area contributed by atoms with Crippen LogP contribution in [-0.2, 0) is 4.79 Å². The number of hydrogen-bond acceptors (Lipinski definition) is 2. The van der Waals surface area contributed by atoms with Crippen molar-refractivity contribution in [2.75, 3.05) is 5.32 Å². The van der Waals surface area contributed by atoms with Crippen molar-refractivity contribution in [2.24, 2.45) is 0 Å². The van der Waals surface area contributed by atoms with Gasteiger partial charge in [-0.15, -0.1) is 11.6 Å². The van der Waals surface area contributed by atoms with E-state index in [-0.39, 0.29) is 0 Å². The summed E-state index contributed by atoms with van der Waals surface area (Å²) >= 11 is 6.32. The molecule has 0 aliphatic heterocycles. The Labute approximate surface area is 164 Å². The van der Waals surface area contributed by atoms with Gasteiger partial charge in [0.2, 0.25) is 5.91 Å². The number of hydrogen-bond donors (Lipinski definition) is 1. The van der Waals surface area contributed by atoms with Crippen LogP contribution in [0.15, 0.2) is 72.9 Å². The lowest BCUT2D eigenvalue weighted by Crippen LogP contribution is -2.18. The summed E-state index contributed by atoms with van der Waals surface area (Å²) in [4.78, 5) is 17.2. The van der Waals surface area contributed by atoms with Crippen LogP contribution in [0.25, 0.3) is 16.9 Å². The Balaban J connectivity index is 1.77. The minimum absolute atomic E-state index is 0.315. The van der Waals surface area contributed by atoms with E-state index in [0.29, 0.717) is 28.3 Å². The van der Waals surface area contributed by atoms with Gasteiger partial charge in [-0.05, 0) is 35.9 Å². The van der Waals surface area contributed by atoms with Crippen molar-refractivity contribution >= 4 is 29.0 Å². The Morgan fingerprint density at radius 3 is 2.50 bits per heavy atom. The zero-order valence-corrected chi connectivity index (χ0v) is 15.2. The van der Waals surface area contributed by atoms with Crippen molar-refractivity contribution in [3.05, 3.63) is 90.1 Å². The van der Waals surface area contributed by atoms with Crippen molar-refractivity contribution in [3.8, 4) is 11.3 Å². The molecule has 0 fully saturated rings. The highest BCUT2D eigenvalue weighted by Gasteiger charge is 2.22. The summed E-state index contributed by atoms with van der Waals surface area (Å²) in [6.07, 6.45) is 1.72. The summed E-state index contributed by atoms with van der Waals surface area (Å²) in [5, 5.41) is 1.85. The number of benzene rings is 2. The zero-order valence-electron chi connectivity index (χ0n) is 14.4. The molecule has 4 aromatic rings. The van der Waals surface area contributed by atoms with Crippen LogP contribution in [0.3, 0.4) is 0 Å². The lowest BCUT2D eigenvalue weighted by atomic mass is 10.1. The molecule has 0 aliphatic carbocycles. The molecule has 2 heterocycles. The number of nitrogens with zero attached hydrogens (tertiary/aromatic N) is 2. The van der Waals surface area contributed by atoms with Crippen LogP contribution in [0.1, 0.15) is 10.9 Å². The van der Waals surface area contributed by atoms with Crippen molar-refractivity contribution in [2.45, 2.75) is 5.38 Å². The highest BCUT2D eigenvalue weighted by Crippen LogP contribution is 2.31. The Kier molecular flexibility index (Phi) is 4.79. The first-order valence-corrected chi connectivity index (χ1v) is 8.90. The van der Waals surface area contributed by atoms with Crippen molar-refractivity contribution in [1.29, 1.82) is 0 Å². The topological polar surface area (TPSA) is 46.4 Å². The highest BCUT2D eigenvalue weighted by molar-refractivity contribution is 6.32. The fourth-order valence-corrected chi connectivity index (χ4v) is 3.11. The number of rotatable bonds is 4. The number of aromatic nitrogens is 2. The SMILES string of the molecule is O=C(Nc1c(-c2ccc(F)c(F)c2)nc2ccccn12)[C@H](Cl)c1ccccc1. The van der Waals surface area contributed by atoms with Crippen LogP contribution in [0.2, 0.25) is 0 Å². The molecule has 2 aromatic heterocycles. The first kappa shape index (κ1) is 18.1. The van der Waals surface area contributed by atoms with E-state index in [4.69, 9.17) is 11.6 Å². The van der Waals surface area contributed by atoms with E-state index in [1.807, 2.05) is 6.07 Å². The summed E-state index contributed by atoms with van der Waals surface area (Å²) in [6, 6.07) is 17.7. The maximum Gasteiger partial charge on any atom is 0.248 e. The average molecular weight is 398 g/mol. The maximum absolute atomic E-state index is 13.7. The number of amides is 1. The summed E-state index contributed by atoms with van der Waals surface area (Å²) in [7, 11) is 0. The molecule has 1 N–H and O–H groups in total. The number of fused-ring (bicyclic) bond motifs is 1. The summed E-state index contributed by atoms with van der Waals surface area (Å²) in [5.41, 5.74) is 1.84. The van der Waals surface area contributed by atoms with E-state index in [1.54, 1.807) is 53.1 Å². The van der Waals surface area contributed by atoms with E-state index in [1.165, 1.54) is 6.07 Å². The number of anilines is 1. The Morgan fingerprint density at radius 2 is 1.75 bits per heavy atom. The smallest absolute Gasteiger partial charge is 0.248 e. The van der Waals surface area contributed by atoms with Crippen LogP contribution >= 0.6 is 11.6 Å². The van der Waals surface area contributed by atoms with E-state index in [9.17, 15) is 13.6 Å². The highest BCUT2D eigenvalue weighted by atomic mass is 35.5. The van der Waals surface area contributed by atoms with Gasteiger partial charge in [-0.3, -0.25) is 9.20 Å². The summed E-state index contributed by atoms with van der Waals surface area (Å²) < 4.78 is 28.7. The monoisotopic (exact) mass is 397 g/mol. The molecular formula is C21H14ClF2N3O. The van der Waals surface area contributed by atoms with Gasteiger partial charge >= 0.3 is 0 Å². The third kappa shape index (κ3) is 3.34. The third-order valence-corrected chi connectivity index (χ3v) is 4.74. The maximum atomic E-state index is 13.7. The van der Waals surface area contributed by atoms with Gasteiger partial charge in [0.25, 0.3) is 0 Å². The van der Waals surface area contributed by atoms with Gasteiger partial charge < -0.3 is 5.32 Å². The Hall–Kier alpha value is -3.25. The van der Waals surface area contributed by atoms with Crippen LogP contribution in [-0.4, -0.2) is 15.3 Å². The lowest BCUT2D eigenvalue weighted by Gasteiger charge is -2.12. The third-order valence-electron chi connectivity index (χ3n) is 4.29. The number of nitrogens with one attached hydrogen (secondary N) is 1. The molecule has 0 radical (unpaired) electrons. The van der Waals surface area contributed by atoms with Crippen LogP contribution in [0.5, 0.6) is 0 Å². The number of imidazole rings is 1. The molecule has 7 heteroatoms.